The molecule has 6 aromatic heterocycles. The van der Waals surface area contributed by atoms with E-state index in [0.717, 1.165) is 79.5 Å². The first-order chi connectivity index (χ1) is 25.8. The molecular weight excluding hydrogens is 702 g/mol. The molecule has 2 fully saturated rings. The molecule has 13 nitrogen and oxygen atoms in total. The van der Waals surface area contributed by atoms with Crippen molar-refractivity contribution in [1.29, 1.82) is 0 Å². The van der Waals surface area contributed by atoms with Gasteiger partial charge in [-0.2, -0.15) is 0 Å². The molecule has 1 amide bonds. The maximum absolute atomic E-state index is 14.5. The van der Waals surface area contributed by atoms with Crippen LogP contribution in [0, 0.1) is 11.6 Å². The van der Waals surface area contributed by atoms with Gasteiger partial charge in [0.15, 0.2) is 34.9 Å². The predicted molar refractivity (Wildman–Crippen MR) is 201 cm³/mol. The van der Waals surface area contributed by atoms with Crippen molar-refractivity contribution in [1.82, 2.24) is 45.2 Å². The van der Waals surface area contributed by atoms with Gasteiger partial charge in [0.05, 0.1) is 17.4 Å². The number of hydrogen-bond donors (Lipinski definition) is 6. The molecule has 0 radical (unpaired) electrons. The normalized spacial score (nSPS) is 20.1. The lowest BCUT2D eigenvalue weighted by Crippen LogP contribution is -2.48. The lowest BCUT2D eigenvalue weighted by molar-refractivity contribution is -0.121. The zero-order valence-electron chi connectivity index (χ0n) is 29.2. The summed E-state index contributed by atoms with van der Waals surface area (Å²) in [7, 11) is 0. The highest BCUT2D eigenvalue weighted by Crippen LogP contribution is 2.30. The number of nitrogens with one attached hydrogen (secondary N) is 5. The molecular formula is C37H41ClF2N12O. The van der Waals surface area contributed by atoms with E-state index in [1.165, 1.54) is 6.20 Å². The molecule has 0 saturated heterocycles. The molecule has 2 saturated carbocycles. The van der Waals surface area contributed by atoms with E-state index < -0.39 is 11.6 Å². The molecule has 4 atom stereocenters. The molecule has 7 N–H and O–H groups in total. The first-order valence-corrected chi connectivity index (χ1v) is 18.3. The predicted octanol–water partition coefficient (Wildman–Crippen LogP) is 6.90. The SMILES string of the molecule is CCC(=O)NC1CCCCC1Nc1nc(-c2c[nH]c3ncc(Cl)cc23)ncc1F.NC1CCCCC1Nc1nc(-c2c[nH]c3ncccc23)ncc1F. The van der Waals surface area contributed by atoms with E-state index in [1.807, 2.05) is 19.1 Å². The average Bonchev–Trinajstić information content (AvgIpc) is 3.80. The van der Waals surface area contributed by atoms with Crippen LogP contribution in [0.25, 0.3) is 44.8 Å². The van der Waals surface area contributed by atoms with Gasteiger partial charge in [0.1, 0.15) is 11.3 Å². The second-order valence-corrected chi connectivity index (χ2v) is 13.8. The van der Waals surface area contributed by atoms with E-state index in [0.29, 0.717) is 34.3 Å². The zero-order chi connectivity index (χ0) is 36.9. The largest absolute Gasteiger partial charge is 0.363 e. The van der Waals surface area contributed by atoms with Crippen LogP contribution in [-0.4, -0.2) is 69.9 Å². The van der Waals surface area contributed by atoms with Crippen LogP contribution in [-0.2, 0) is 4.79 Å². The fourth-order valence-electron chi connectivity index (χ4n) is 6.98. The summed E-state index contributed by atoms with van der Waals surface area (Å²) >= 11 is 6.07. The first-order valence-electron chi connectivity index (χ1n) is 18.0. The number of carbonyl (C=O) groups excluding carboxylic acids is 1. The first kappa shape index (κ1) is 36.1. The summed E-state index contributed by atoms with van der Waals surface area (Å²) in [4.78, 5) is 43.6. The monoisotopic (exact) mass is 742 g/mol. The fourth-order valence-corrected chi connectivity index (χ4v) is 7.13. The van der Waals surface area contributed by atoms with Crippen LogP contribution in [0.4, 0.5) is 20.4 Å². The summed E-state index contributed by atoms with van der Waals surface area (Å²) in [5.41, 5.74) is 9.04. The summed E-state index contributed by atoms with van der Waals surface area (Å²) < 4.78 is 28.6. The van der Waals surface area contributed by atoms with Crippen LogP contribution >= 0.6 is 11.6 Å². The lowest BCUT2D eigenvalue weighted by atomic mass is 9.90. The highest BCUT2D eigenvalue weighted by Gasteiger charge is 2.28. The molecule has 276 valence electrons. The van der Waals surface area contributed by atoms with Gasteiger partial charge in [-0.15, -0.1) is 0 Å². The number of nitrogens with two attached hydrogens (primary N) is 1. The van der Waals surface area contributed by atoms with E-state index in [4.69, 9.17) is 17.3 Å². The van der Waals surface area contributed by atoms with Crippen LogP contribution in [0.15, 0.2) is 55.4 Å². The van der Waals surface area contributed by atoms with Crippen LogP contribution < -0.4 is 21.7 Å². The summed E-state index contributed by atoms with van der Waals surface area (Å²) in [6.45, 7) is 1.82. The van der Waals surface area contributed by atoms with Gasteiger partial charge >= 0.3 is 0 Å². The smallest absolute Gasteiger partial charge is 0.220 e. The van der Waals surface area contributed by atoms with Crippen LogP contribution in [0.2, 0.25) is 5.02 Å². The van der Waals surface area contributed by atoms with Gasteiger partial charge in [-0.05, 0) is 43.9 Å². The number of fused-ring (bicyclic) bond motifs is 2. The minimum Gasteiger partial charge on any atom is -0.363 e. The van der Waals surface area contributed by atoms with Gasteiger partial charge in [-0.25, -0.2) is 38.7 Å². The van der Waals surface area contributed by atoms with Gasteiger partial charge in [-0.3, -0.25) is 4.79 Å². The highest BCUT2D eigenvalue weighted by molar-refractivity contribution is 6.31. The van der Waals surface area contributed by atoms with E-state index in [-0.39, 0.29) is 41.7 Å². The third-order valence-electron chi connectivity index (χ3n) is 9.82. The molecule has 6 heterocycles. The molecule has 53 heavy (non-hydrogen) atoms. The van der Waals surface area contributed by atoms with Crippen molar-refractivity contribution in [2.75, 3.05) is 10.6 Å². The van der Waals surface area contributed by atoms with Crippen molar-refractivity contribution in [3.05, 3.63) is 72.0 Å². The Balaban J connectivity index is 0.000000167. The number of H-pyrrole nitrogens is 2. The Labute approximate surface area is 309 Å². The molecule has 2 aliphatic carbocycles. The molecule has 2 aliphatic rings. The molecule has 16 heteroatoms. The van der Waals surface area contributed by atoms with E-state index in [9.17, 15) is 13.6 Å². The Morgan fingerprint density at radius 3 is 2.06 bits per heavy atom. The van der Waals surface area contributed by atoms with Gasteiger partial charge in [0.2, 0.25) is 5.91 Å². The molecule has 0 aromatic carbocycles. The Morgan fingerprint density at radius 2 is 1.40 bits per heavy atom. The van der Waals surface area contributed by atoms with Crippen molar-refractivity contribution in [3.8, 4) is 22.8 Å². The minimum atomic E-state index is -0.532. The fraction of sp³-hybridized carbons (Fsp3) is 0.378. The Morgan fingerprint density at radius 1 is 0.811 bits per heavy atom. The van der Waals surface area contributed by atoms with E-state index in [1.54, 1.807) is 30.9 Å². The number of halogens is 3. The van der Waals surface area contributed by atoms with Crippen molar-refractivity contribution in [2.24, 2.45) is 5.73 Å². The standard InChI is InChI=1S/C20H22ClFN6O.C17H19FN6/c1-2-17(29)26-15-5-3-4-6-16(15)27-20-14(22)10-25-19(28-20)13-9-24-18-12(13)7-11(21)8-23-18;18-12-9-22-16(11-8-21-15-10(11)4-3-7-20-15)24-17(12)23-14-6-2-1-5-13(14)19/h7-10,15-16H,2-6H2,1H3,(H,23,24)(H,26,29)(H,25,27,28);3-4,7-9,13-14H,1-2,5-6,19H2,(H,20,21)(H,22,23,24). The number of pyridine rings is 2. The minimum absolute atomic E-state index is 0.00396. The topological polar surface area (TPSA) is 188 Å². The average molecular weight is 743 g/mol. The number of aromatic amines is 2. The number of rotatable bonds is 8. The van der Waals surface area contributed by atoms with Crippen LogP contribution in [0.1, 0.15) is 64.7 Å². The molecule has 6 aromatic rings. The quantitative estimate of drug-likeness (QED) is 0.0957. The third kappa shape index (κ3) is 8.20. The maximum Gasteiger partial charge on any atom is 0.220 e. The number of carbonyl (C=O) groups is 1. The lowest BCUT2D eigenvalue weighted by Gasteiger charge is -2.33. The zero-order valence-corrected chi connectivity index (χ0v) is 29.9. The second kappa shape index (κ2) is 16.2. The van der Waals surface area contributed by atoms with Crippen molar-refractivity contribution >= 4 is 51.2 Å². The number of nitrogens with zero attached hydrogens (tertiary/aromatic N) is 6. The summed E-state index contributed by atoms with van der Waals surface area (Å²) in [5.74, 6) is 0.167. The molecule has 0 spiro atoms. The molecule has 0 bridgehead atoms. The Bertz CT molecular complexity index is 2210. The Kier molecular flexibility index (Phi) is 11.0. The van der Waals surface area contributed by atoms with Gasteiger partial charge in [-0.1, -0.05) is 44.2 Å². The maximum atomic E-state index is 14.5. The second-order valence-electron chi connectivity index (χ2n) is 13.4. The van der Waals surface area contributed by atoms with Gasteiger partial charge < -0.3 is 31.7 Å². The van der Waals surface area contributed by atoms with Crippen molar-refractivity contribution in [3.63, 3.8) is 0 Å². The third-order valence-corrected chi connectivity index (χ3v) is 10.0. The summed E-state index contributed by atoms with van der Waals surface area (Å²) in [5, 5.41) is 11.6. The highest BCUT2D eigenvalue weighted by atomic mass is 35.5. The van der Waals surface area contributed by atoms with Gasteiger partial charge in [0.25, 0.3) is 0 Å². The number of hydrogen-bond acceptors (Lipinski definition) is 10. The molecule has 4 unspecified atom stereocenters. The van der Waals surface area contributed by atoms with Crippen LogP contribution in [0.3, 0.4) is 0 Å². The molecule has 0 aliphatic heterocycles. The number of anilines is 2. The van der Waals surface area contributed by atoms with Crippen molar-refractivity contribution in [2.45, 2.75) is 88.9 Å². The van der Waals surface area contributed by atoms with Crippen molar-refractivity contribution < 1.29 is 13.6 Å². The number of aromatic nitrogens is 8. The molecule has 8 rings (SSSR count). The summed E-state index contributed by atoms with van der Waals surface area (Å²) in [6.07, 6.45) is 17.4. The van der Waals surface area contributed by atoms with Crippen LogP contribution in [0.5, 0.6) is 0 Å². The number of amides is 1. The van der Waals surface area contributed by atoms with E-state index >= 15 is 0 Å². The summed E-state index contributed by atoms with van der Waals surface area (Å²) in [6, 6.07) is 5.48. The van der Waals surface area contributed by atoms with Gasteiger partial charge in [0, 0.05) is 77.3 Å². The Hall–Kier alpha value is -5.28. The van der Waals surface area contributed by atoms with E-state index in [2.05, 4.69) is 55.8 Å².